The second-order valence-electron chi connectivity index (χ2n) is 2.21. The molecule has 1 amide bonds. The van der Waals surface area contributed by atoms with E-state index in [0.29, 0.717) is 23.1 Å². The Morgan fingerprint density at radius 1 is 1.75 bits per heavy atom. The molecule has 0 spiro atoms. The number of thiazole rings is 1. The van der Waals surface area contributed by atoms with Crippen molar-refractivity contribution in [2.24, 2.45) is 5.73 Å². The van der Waals surface area contributed by atoms with E-state index in [1.165, 1.54) is 11.3 Å². The van der Waals surface area contributed by atoms with Crippen LogP contribution in [0.1, 0.15) is 6.42 Å². The van der Waals surface area contributed by atoms with Gasteiger partial charge in [0.15, 0.2) is 5.13 Å². The van der Waals surface area contributed by atoms with E-state index in [1.807, 2.05) is 0 Å². The molecule has 0 fully saturated rings. The molecule has 1 aromatic heterocycles. The minimum atomic E-state index is -0.327. The monoisotopic (exact) mass is 186 g/mol. The van der Waals surface area contributed by atoms with Crippen molar-refractivity contribution in [3.05, 3.63) is 6.20 Å². The summed E-state index contributed by atoms with van der Waals surface area (Å²) < 4.78 is 0. The van der Waals surface area contributed by atoms with Gasteiger partial charge in [0.25, 0.3) is 0 Å². The zero-order valence-electron chi connectivity index (χ0n) is 6.41. The van der Waals surface area contributed by atoms with Crippen molar-refractivity contribution in [3.63, 3.8) is 0 Å². The van der Waals surface area contributed by atoms with Crippen LogP contribution in [-0.2, 0) is 4.79 Å². The van der Waals surface area contributed by atoms with Gasteiger partial charge in [0, 0.05) is 13.0 Å². The summed E-state index contributed by atoms with van der Waals surface area (Å²) in [4.78, 5) is 14.3. The molecule has 0 radical (unpaired) electrons. The Hall–Kier alpha value is -1.30. The van der Waals surface area contributed by atoms with Gasteiger partial charge in [-0.1, -0.05) is 11.3 Å². The SMILES string of the molecule is NC(=O)CCNc1ncc(N)s1. The van der Waals surface area contributed by atoms with Gasteiger partial charge in [0.1, 0.15) is 5.00 Å². The summed E-state index contributed by atoms with van der Waals surface area (Å²) in [5.41, 5.74) is 10.4. The number of carbonyl (C=O) groups is 1. The molecule has 6 heteroatoms. The van der Waals surface area contributed by atoms with Gasteiger partial charge in [-0.05, 0) is 0 Å². The first-order valence-electron chi connectivity index (χ1n) is 3.42. The molecule has 66 valence electrons. The normalized spacial score (nSPS) is 9.67. The van der Waals surface area contributed by atoms with E-state index in [9.17, 15) is 4.79 Å². The number of nitrogen functional groups attached to an aromatic ring is 1. The van der Waals surface area contributed by atoms with E-state index >= 15 is 0 Å². The summed E-state index contributed by atoms with van der Waals surface area (Å²) in [6.45, 7) is 0.502. The van der Waals surface area contributed by atoms with Crippen LogP contribution in [0, 0.1) is 0 Å². The van der Waals surface area contributed by atoms with Crippen molar-refractivity contribution in [2.45, 2.75) is 6.42 Å². The number of anilines is 2. The van der Waals surface area contributed by atoms with Crippen LogP contribution in [0.2, 0.25) is 0 Å². The number of hydrogen-bond acceptors (Lipinski definition) is 5. The zero-order chi connectivity index (χ0) is 8.97. The number of nitrogens with zero attached hydrogens (tertiary/aromatic N) is 1. The lowest BCUT2D eigenvalue weighted by Crippen LogP contribution is -2.15. The third-order valence-electron chi connectivity index (χ3n) is 1.17. The molecule has 5 nitrogen and oxygen atoms in total. The Bertz CT molecular complexity index is 272. The molecular formula is C6H10N4OS. The summed E-state index contributed by atoms with van der Waals surface area (Å²) >= 11 is 1.34. The van der Waals surface area contributed by atoms with Crippen molar-refractivity contribution in [1.82, 2.24) is 4.98 Å². The van der Waals surface area contributed by atoms with Crippen LogP contribution >= 0.6 is 11.3 Å². The second-order valence-corrected chi connectivity index (χ2v) is 3.27. The van der Waals surface area contributed by atoms with Gasteiger partial charge < -0.3 is 16.8 Å². The molecule has 0 saturated heterocycles. The fourth-order valence-corrected chi connectivity index (χ4v) is 1.27. The fourth-order valence-electron chi connectivity index (χ4n) is 0.661. The van der Waals surface area contributed by atoms with E-state index in [2.05, 4.69) is 10.3 Å². The van der Waals surface area contributed by atoms with Crippen LogP contribution in [0.4, 0.5) is 10.1 Å². The first-order chi connectivity index (χ1) is 5.68. The van der Waals surface area contributed by atoms with Gasteiger partial charge >= 0.3 is 0 Å². The third-order valence-corrected chi connectivity index (χ3v) is 1.96. The minimum Gasteiger partial charge on any atom is -0.389 e. The second kappa shape index (κ2) is 3.91. The quantitative estimate of drug-likeness (QED) is 0.617. The predicted octanol–water partition coefficient (Wildman–Crippen LogP) is 0.0126. The summed E-state index contributed by atoms with van der Waals surface area (Å²) in [5.74, 6) is -0.327. The molecule has 0 saturated carbocycles. The van der Waals surface area contributed by atoms with Crippen LogP contribution in [0.3, 0.4) is 0 Å². The van der Waals surface area contributed by atoms with Gasteiger partial charge in [-0.3, -0.25) is 4.79 Å². The molecule has 5 N–H and O–H groups in total. The van der Waals surface area contributed by atoms with Gasteiger partial charge in [-0.25, -0.2) is 4.98 Å². The summed E-state index contributed by atoms with van der Waals surface area (Å²) in [5, 5.41) is 4.29. The van der Waals surface area contributed by atoms with Crippen molar-refractivity contribution in [2.75, 3.05) is 17.6 Å². The maximum atomic E-state index is 10.3. The van der Waals surface area contributed by atoms with Crippen LogP contribution in [0.15, 0.2) is 6.20 Å². The maximum Gasteiger partial charge on any atom is 0.219 e. The Morgan fingerprint density at radius 3 is 3.00 bits per heavy atom. The van der Waals surface area contributed by atoms with E-state index in [-0.39, 0.29) is 5.91 Å². The van der Waals surface area contributed by atoms with E-state index in [4.69, 9.17) is 11.5 Å². The number of amides is 1. The number of primary amides is 1. The predicted molar refractivity (Wildman–Crippen MR) is 48.8 cm³/mol. The highest BCUT2D eigenvalue weighted by Crippen LogP contribution is 2.18. The lowest BCUT2D eigenvalue weighted by molar-refractivity contribution is -0.117. The summed E-state index contributed by atoms with van der Waals surface area (Å²) in [7, 11) is 0. The molecule has 1 heterocycles. The topological polar surface area (TPSA) is 94.0 Å². The van der Waals surface area contributed by atoms with Gasteiger partial charge in [0.2, 0.25) is 5.91 Å². The Morgan fingerprint density at radius 2 is 2.50 bits per heavy atom. The molecule has 0 aromatic carbocycles. The Balaban J connectivity index is 2.29. The summed E-state index contributed by atoms with van der Waals surface area (Å²) in [6, 6.07) is 0. The minimum absolute atomic E-state index is 0.305. The number of hydrogen-bond donors (Lipinski definition) is 3. The first kappa shape index (κ1) is 8.79. The van der Waals surface area contributed by atoms with Crippen molar-refractivity contribution in [3.8, 4) is 0 Å². The molecule has 12 heavy (non-hydrogen) atoms. The maximum absolute atomic E-state index is 10.3. The Labute approximate surface area is 73.8 Å². The molecule has 0 atom stereocenters. The van der Waals surface area contributed by atoms with E-state index in [0.717, 1.165) is 0 Å². The fraction of sp³-hybridized carbons (Fsp3) is 0.333. The Kier molecular flexibility index (Phi) is 2.87. The molecule has 0 aliphatic carbocycles. The average Bonchev–Trinajstić information content (AvgIpc) is 2.35. The first-order valence-corrected chi connectivity index (χ1v) is 4.23. The third kappa shape index (κ3) is 2.75. The smallest absolute Gasteiger partial charge is 0.219 e. The molecule has 1 rings (SSSR count). The van der Waals surface area contributed by atoms with Crippen LogP contribution in [0.5, 0.6) is 0 Å². The highest BCUT2D eigenvalue weighted by atomic mass is 32.1. The van der Waals surface area contributed by atoms with Crippen LogP contribution < -0.4 is 16.8 Å². The average molecular weight is 186 g/mol. The van der Waals surface area contributed by atoms with E-state index in [1.54, 1.807) is 6.20 Å². The highest BCUT2D eigenvalue weighted by molar-refractivity contribution is 7.19. The van der Waals surface area contributed by atoms with Gasteiger partial charge in [-0.2, -0.15) is 0 Å². The van der Waals surface area contributed by atoms with Gasteiger partial charge in [-0.15, -0.1) is 0 Å². The highest BCUT2D eigenvalue weighted by Gasteiger charge is 1.98. The number of rotatable bonds is 4. The lowest BCUT2D eigenvalue weighted by Gasteiger charge is -1.97. The molecule has 0 unspecified atom stereocenters. The number of aromatic nitrogens is 1. The van der Waals surface area contributed by atoms with Crippen molar-refractivity contribution < 1.29 is 4.79 Å². The van der Waals surface area contributed by atoms with Crippen LogP contribution in [0.25, 0.3) is 0 Å². The molecule has 0 aliphatic rings. The van der Waals surface area contributed by atoms with Crippen molar-refractivity contribution >= 4 is 27.4 Å². The molecule has 1 aromatic rings. The largest absolute Gasteiger partial charge is 0.389 e. The lowest BCUT2D eigenvalue weighted by atomic mass is 10.4. The standard InChI is InChI=1S/C6H10N4OS/c7-4(11)1-2-9-6-10-3-5(8)12-6/h3H,1-2,8H2,(H2,7,11)(H,9,10). The van der Waals surface area contributed by atoms with E-state index < -0.39 is 0 Å². The van der Waals surface area contributed by atoms with Gasteiger partial charge in [0.05, 0.1) is 6.20 Å². The summed E-state index contributed by atoms with van der Waals surface area (Å²) in [6.07, 6.45) is 1.87. The molecule has 0 aliphatic heterocycles. The number of carbonyl (C=O) groups excluding carboxylic acids is 1. The number of nitrogens with two attached hydrogens (primary N) is 2. The zero-order valence-corrected chi connectivity index (χ0v) is 7.23. The molecule has 0 bridgehead atoms. The molecular weight excluding hydrogens is 176 g/mol. The van der Waals surface area contributed by atoms with Crippen LogP contribution in [-0.4, -0.2) is 17.4 Å². The van der Waals surface area contributed by atoms with Crippen molar-refractivity contribution in [1.29, 1.82) is 0 Å². The number of nitrogens with one attached hydrogen (secondary N) is 1.